The number of aromatic nitrogens is 2. The van der Waals surface area contributed by atoms with Crippen molar-refractivity contribution >= 4 is 11.5 Å². The zero-order chi connectivity index (χ0) is 9.97. The van der Waals surface area contributed by atoms with Gasteiger partial charge in [-0.05, 0) is 18.2 Å². The van der Waals surface area contributed by atoms with Gasteiger partial charge in [0.15, 0.2) is 5.82 Å². The van der Waals surface area contributed by atoms with Gasteiger partial charge in [-0.25, -0.2) is 9.97 Å². The third kappa shape index (κ3) is 1.64. The lowest BCUT2D eigenvalue weighted by Gasteiger charge is -2.01. The molecule has 0 saturated heterocycles. The first-order valence-corrected chi connectivity index (χ1v) is 4.20. The van der Waals surface area contributed by atoms with Gasteiger partial charge in [0.05, 0.1) is 0 Å². The Bertz CT molecular complexity index is 410. The van der Waals surface area contributed by atoms with Gasteiger partial charge in [0.2, 0.25) is 0 Å². The van der Waals surface area contributed by atoms with E-state index in [1.54, 1.807) is 12.3 Å². The second-order valence-electron chi connectivity index (χ2n) is 2.93. The Morgan fingerprint density at radius 3 is 2.64 bits per heavy atom. The maximum absolute atomic E-state index is 5.65. The molecule has 1 aromatic carbocycles. The molecule has 14 heavy (non-hydrogen) atoms. The van der Waals surface area contributed by atoms with Crippen molar-refractivity contribution in [2.45, 2.75) is 0 Å². The van der Waals surface area contributed by atoms with E-state index < -0.39 is 0 Å². The highest BCUT2D eigenvalue weighted by Crippen LogP contribution is 2.17. The van der Waals surface area contributed by atoms with E-state index in [1.807, 2.05) is 24.3 Å². The average Bonchev–Trinajstić information content (AvgIpc) is 2.18. The number of nitrogens with two attached hydrogens (primary N) is 2. The highest BCUT2D eigenvalue weighted by atomic mass is 14.9. The van der Waals surface area contributed by atoms with Gasteiger partial charge in [-0.1, -0.05) is 12.1 Å². The van der Waals surface area contributed by atoms with Crippen LogP contribution in [0.4, 0.5) is 11.5 Å². The average molecular weight is 186 g/mol. The third-order valence-corrected chi connectivity index (χ3v) is 1.82. The summed E-state index contributed by atoms with van der Waals surface area (Å²) in [4.78, 5) is 8.20. The summed E-state index contributed by atoms with van der Waals surface area (Å²) < 4.78 is 0. The highest BCUT2D eigenvalue weighted by Gasteiger charge is 2.00. The molecule has 0 aliphatic heterocycles. The largest absolute Gasteiger partial charge is 0.399 e. The van der Waals surface area contributed by atoms with Crippen molar-refractivity contribution in [3.8, 4) is 11.4 Å². The van der Waals surface area contributed by atoms with E-state index in [0.717, 1.165) is 5.56 Å². The SMILES string of the molecule is Nc1cccc(-c2nccc(N)n2)c1. The minimum absolute atomic E-state index is 0.456. The van der Waals surface area contributed by atoms with Crippen LogP contribution < -0.4 is 11.5 Å². The summed E-state index contributed by atoms with van der Waals surface area (Å²) in [5, 5.41) is 0. The third-order valence-electron chi connectivity index (χ3n) is 1.82. The predicted molar refractivity (Wildman–Crippen MR) is 56.3 cm³/mol. The normalized spacial score (nSPS) is 10.0. The first-order chi connectivity index (χ1) is 6.75. The molecule has 1 aromatic heterocycles. The number of nitrogens with zero attached hydrogens (tertiary/aromatic N) is 2. The molecule has 0 aliphatic carbocycles. The Morgan fingerprint density at radius 2 is 1.93 bits per heavy atom. The van der Waals surface area contributed by atoms with Crippen LogP contribution in [0.25, 0.3) is 11.4 Å². The smallest absolute Gasteiger partial charge is 0.161 e. The summed E-state index contributed by atoms with van der Waals surface area (Å²) >= 11 is 0. The number of anilines is 2. The molecule has 2 rings (SSSR count). The quantitative estimate of drug-likeness (QED) is 0.658. The number of benzene rings is 1. The molecule has 4 heteroatoms. The van der Waals surface area contributed by atoms with Crippen molar-refractivity contribution in [2.24, 2.45) is 0 Å². The van der Waals surface area contributed by atoms with Crippen molar-refractivity contribution in [3.05, 3.63) is 36.5 Å². The molecule has 4 N–H and O–H groups in total. The molecule has 0 unspecified atom stereocenters. The molecular weight excluding hydrogens is 176 g/mol. The zero-order valence-electron chi connectivity index (χ0n) is 7.51. The van der Waals surface area contributed by atoms with Crippen LogP contribution in [0, 0.1) is 0 Å². The van der Waals surface area contributed by atoms with E-state index in [4.69, 9.17) is 11.5 Å². The second kappa shape index (κ2) is 3.33. The summed E-state index contributed by atoms with van der Waals surface area (Å²) in [6.07, 6.45) is 1.63. The van der Waals surface area contributed by atoms with Crippen LogP contribution in [-0.4, -0.2) is 9.97 Å². The zero-order valence-corrected chi connectivity index (χ0v) is 7.51. The number of nitrogen functional groups attached to an aromatic ring is 2. The van der Waals surface area contributed by atoms with Gasteiger partial charge >= 0.3 is 0 Å². The van der Waals surface area contributed by atoms with Crippen molar-refractivity contribution in [3.63, 3.8) is 0 Å². The van der Waals surface area contributed by atoms with E-state index in [2.05, 4.69) is 9.97 Å². The molecule has 0 bridgehead atoms. The lowest BCUT2D eigenvalue weighted by Crippen LogP contribution is -1.95. The monoisotopic (exact) mass is 186 g/mol. The lowest BCUT2D eigenvalue weighted by atomic mass is 10.2. The van der Waals surface area contributed by atoms with Gasteiger partial charge in [-0.3, -0.25) is 0 Å². The van der Waals surface area contributed by atoms with E-state index in [9.17, 15) is 0 Å². The van der Waals surface area contributed by atoms with Crippen LogP contribution >= 0.6 is 0 Å². The van der Waals surface area contributed by atoms with Crippen LogP contribution in [0.3, 0.4) is 0 Å². The summed E-state index contributed by atoms with van der Waals surface area (Å²) in [5.74, 6) is 1.05. The molecule has 1 heterocycles. The molecule has 0 radical (unpaired) electrons. The Labute approximate surface area is 81.6 Å². The molecule has 0 aliphatic rings. The molecule has 70 valence electrons. The van der Waals surface area contributed by atoms with E-state index in [0.29, 0.717) is 17.3 Å². The highest BCUT2D eigenvalue weighted by molar-refractivity contribution is 5.61. The van der Waals surface area contributed by atoms with Crippen molar-refractivity contribution < 1.29 is 0 Å². The first-order valence-electron chi connectivity index (χ1n) is 4.20. The molecular formula is C10H10N4. The summed E-state index contributed by atoms with van der Waals surface area (Å²) in [6.45, 7) is 0. The Balaban J connectivity index is 2.49. The number of hydrogen-bond acceptors (Lipinski definition) is 4. The standard InChI is InChI=1S/C10H10N4/c11-8-3-1-2-7(6-8)10-13-5-4-9(12)14-10/h1-6H,11H2,(H2,12,13,14). The lowest BCUT2D eigenvalue weighted by molar-refractivity contribution is 1.18. The Morgan fingerprint density at radius 1 is 1.07 bits per heavy atom. The van der Waals surface area contributed by atoms with E-state index in [1.165, 1.54) is 0 Å². The molecule has 0 saturated carbocycles. The fraction of sp³-hybridized carbons (Fsp3) is 0. The fourth-order valence-electron chi connectivity index (χ4n) is 1.19. The molecule has 2 aromatic rings. The van der Waals surface area contributed by atoms with E-state index >= 15 is 0 Å². The van der Waals surface area contributed by atoms with Crippen molar-refractivity contribution in [2.75, 3.05) is 11.5 Å². The van der Waals surface area contributed by atoms with Gasteiger partial charge in [0.25, 0.3) is 0 Å². The summed E-state index contributed by atoms with van der Waals surface area (Å²) in [7, 11) is 0. The molecule has 0 spiro atoms. The van der Waals surface area contributed by atoms with Crippen LogP contribution in [0.15, 0.2) is 36.5 Å². The van der Waals surface area contributed by atoms with Gasteiger partial charge in [0, 0.05) is 17.4 Å². The first kappa shape index (κ1) is 8.50. The van der Waals surface area contributed by atoms with Crippen molar-refractivity contribution in [1.82, 2.24) is 9.97 Å². The van der Waals surface area contributed by atoms with Crippen molar-refractivity contribution in [1.29, 1.82) is 0 Å². The summed E-state index contributed by atoms with van der Waals surface area (Å²) in [5.41, 5.74) is 12.8. The van der Waals surface area contributed by atoms with Gasteiger partial charge in [-0.2, -0.15) is 0 Å². The van der Waals surface area contributed by atoms with Crippen LogP contribution in [0.2, 0.25) is 0 Å². The minimum atomic E-state index is 0.456. The topological polar surface area (TPSA) is 77.8 Å². The molecule has 0 amide bonds. The van der Waals surface area contributed by atoms with Crippen LogP contribution in [0.5, 0.6) is 0 Å². The van der Waals surface area contributed by atoms with Crippen LogP contribution in [-0.2, 0) is 0 Å². The molecule has 4 nitrogen and oxygen atoms in total. The Kier molecular flexibility index (Phi) is 2.02. The fourth-order valence-corrected chi connectivity index (χ4v) is 1.19. The van der Waals surface area contributed by atoms with Gasteiger partial charge in [0.1, 0.15) is 5.82 Å². The number of rotatable bonds is 1. The molecule has 0 atom stereocenters. The predicted octanol–water partition coefficient (Wildman–Crippen LogP) is 1.31. The van der Waals surface area contributed by atoms with Gasteiger partial charge < -0.3 is 11.5 Å². The summed E-state index contributed by atoms with van der Waals surface area (Å²) in [6, 6.07) is 9.03. The Hall–Kier alpha value is -2.10. The number of hydrogen-bond donors (Lipinski definition) is 2. The minimum Gasteiger partial charge on any atom is -0.399 e. The maximum Gasteiger partial charge on any atom is 0.161 e. The molecule has 0 fully saturated rings. The second-order valence-corrected chi connectivity index (χ2v) is 2.93. The van der Waals surface area contributed by atoms with Crippen LogP contribution in [0.1, 0.15) is 0 Å². The van der Waals surface area contributed by atoms with Gasteiger partial charge in [-0.15, -0.1) is 0 Å². The maximum atomic E-state index is 5.65. The van der Waals surface area contributed by atoms with E-state index in [-0.39, 0.29) is 0 Å².